The number of hydrogen-bond acceptors (Lipinski definition) is 5. The molecule has 0 saturated heterocycles. The van der Waals surface area contributed by atoms with Gasteiger partial charge in [0, 0.05) is 29.1 Å². The molecule has 9 nitrogen and oxygen atoms in total. The van der Waals surface area contributed by atoms with Crippen molar-refractivity contribution in [3.63, 3.8) is 0 Å². The highest BCUT2D eigenvalue weighted by Gasteiger charge is 2.43. The fraction of sp³-hybridized carbons (Fsp3) is 0.292. The molecule has 3 aromatic heterocycles. The molecular formula is C24H23ClF2N6O3Si. The summed E-state index contributed by atoms with van der Waals surface area (Å²) in [5.41, 5.74) is 5.39. The molecule has 3 N–H and O–H groups in total. The summed E-state index contributed by atoms with van der Waals surface area (Å²) in [4.78, 5) is 29.1. The van der Waals surface area contributed by atoms with E-state index in [4.69, 9.17) is 21.5 Å². The predicted molar refractivity (Wildman–Crippen MR) is 138 cm³/mol. The van der Waals surface area contributed by atoms with E-state index in [2.05, 4.69) is 56.6 Å². The SMILES string of the molecule is C[Si](C)(C)C#CCc1c(F)c(Cl)c(-c2cn3cc(NC(=O)[C@@H]4C[C@@H]4F)nc3cn2)c2cn[nH]c12.O=CO. The van der Waals surface area contributed by atoms with Crippen LogP contribution in [0.3, 0.4) is 0 Å². The summed E-state index contributed by atoms with van der Waals surface area (Å²) in [5.74, 6) is 1.78. The summed E-state index contributed by atoms with van der Waals surface area (Å²) < 4.78 is 30.2. The van der Waals surface area contributed by atoms with Crippen molar-refractivity contribution in [2.24, 2.45) is 5.92 Å². The van der Waals surface area contributed by atoms with E-state index in [1.54, 1.807) is 23.0 Å². The quantitative estimate of drug-likeness (QED) is 0.197. The Labute approximate surface area is 216 Å². The van der Waals surface area contributed by atoms with Gasteiger partial charge in [-0.05, 0) is 6.42 Å². The molecular weight excluding hydrogens is 522 g/mol. The van der Waals surface area contributed by atoms with Gasteiger partial charge in [-0.3, -0.25) is 19.7 Å². The zero-order valence-corrected chi connectivity index (χ0v) is 21.9. The number of rotatable bonds is 4. The Bertz CT molecular complexity index is 1570. The maximum absolute atomic E-state index is 15.4. The molecule has 37 heavy (non-hydrogen) atoms. The highest BCUT2D eigenvalue weighted by molar-refractivity contribution is 6.83. The Balaban J connectivity index is 0.00000102. The van der Waals surface area contributed by atoms with Crippen LogP contribution in [-0.4, -0.2) is 56.3 Å². The van der Waals surface area contributed by atoms with Gasteiger partial charge in [-0.2, -0.15) is 5.10 Å². The maximum Gasteiger partial charge on any atom is 0.290 e. The Morgan fingerprint density at radius 2 is 2.08 bits per heavy atom. The van der Waals surface area contributed by atoms with Gasteiger partial charge in [-0.25, -0.2) is 13.8 Å². The van der Waals surface area contributed by atoms with Crippen molar-refractivity contribution in [1.29, 1.82) is 0 Å². The van der Waals surface area contributed by atoms with Crippen LogP contribution in [0.1, 0.15) is 12.0 Å². The highest BCUT2D eigenvalue weighted by atomic mass is 35.5. The predicted octanol–water partition coefficient (Wildman–Crippen LogP) is 4.49. The number of fused-ring (bicyclic) bond motifs is 2. The molecule has 0 bridgehead atoms. The molecule has 0 radical (unpaired) electrons. The Morgan fingerprint density at radius 3 is 2.73 bits per heavy atom. The van der Waals surface area contributed by atoms with Gasteiger partial charge in [0.25, 0.3) is 6.47 Å². The minimum absolute atomic E-state index is 0.0677. The maximum atomic E-state index is 15.4. The molecule has 5 rings (SSSR count). The number of hydrogen-bond donors (Lipinski definition) is 3. The van der Waals surface area contributed by atoms with Gasteiger partial charge in [-0.15, -0.1) is 11.5 Å². The van der Waals surface area contributed by atoms with Crippen molar-refractivity contribution in [1.82, 2.24) is 24.6 Å². The minimum Gasteiger partial charge on any atom is -0.483 e. The van der Waals surface area contributed by atoms with Crippen LogP contribution in [0.5, 0.6) is 0 Å². The molecule has 0 unspecified atom stereocenters. The average Bonchev–Trinajstić information content (AvgIpc) is 3.19. The molecule has 3 heterocycles. The van der Waals surface area contributed by atoms with Crippen LogP contribution in [0.2, 0.25) is 24.7 Å². The first-order valence-corrected chi connectivity index (χ1v) is 15.1. The van der Waals surface area contributed by atoms with E-state index in [-0.39, 0.29) is 30.2 Å². The number of carboxylic acid groups (broad SMARTS) is 1. The van der Waals surface area contributed by atoms with Gasteiger partial charge in [0.2, 0.25) is 5.91 Å². The zero-order chi connectivity index (χ0) is 26.9. The van der Waals surface area contributed by atoms with Crippen LogP contribution < -0.4 is 5.32 Å². The van der Waals surface area contributed by atoms with Crippen LogP contribution in [0.25, 0.3) is 27.8 Å². The number of amides is 1. The zero-order valence-electron chi connectivity index (χ0n) is 20.1. The van der Waals surface area contributed by atoms with Gasteiger partial charge >= 0.3 is 0 Å². The average molecular weight is 545 g/mol. The number of aromatic amines is 1. The molecule has 1 fully saturated rings. The topological polar surface area (TPSA) is 125 Å². The minimum atomic E-state index is -1.60. The third-order valence-corrected chi connectivity index (χ3v) is 6.80. The number of H-pyrrole nitrogens is 1. The van der Waals surface area contributed by atoms with Crippen LogP contribution in [-0.2, 0) is 16.0 Å². The van der Waals surface area contributed by atoms with E-state index in [1.165, 1.54) is 6.20 Å². The summed E-state index contributed by atoms with van der Waals surface area (Å²) in [6, 6.07) is 0. The number of aromatic nitrogens is 5. The molecule has 192 valence electrons. The summed E-state index contributed by atoms with van der Waals surface area (Å²) in [7, 11) is -1.60. The number of anilines is 1. The van der Waals surface area contributed by atoms with Gasteiger partial charge in [-0.1, -0.05) is 31.2 Å². The second-order valence-electron chi connectivity index (χ2n) is 9.49. The number of carbonyl (C=O) groups is 2. The first kappa shape index (κ1) is 26.2. The molecule has 1 saturated carbocycles. The lowest BCUT2D eigenvalue weighted by atomic mass is 10.0. The first-order chi connectivity index (χ1) is 17.5. The number of nitrogens with zero attached hydrogens (tertiary/aromatic N) is 4. The van der Waals surface area contributed by atoms with Crippen LogP contribution in [0.15, 0.2) is 24.8 Å². The van der Waals surface area contributed by atoms with Crippen molar-refractivity contribution in [2.45, 2.75) is 38.7 Å². The number of imidazole rings is 1. The Morgan fingerprint density at radius 1 is 1.38 bits per heavy atom. The van der Waals surface area contributed by atoms with E-state index in [1.807, 2.05) is 0 Å². The largest absolute Gasteiger partial charge is 0.483 e. The van der Waals surface area contributed by atoms with Crippen molar-refractivity contribution < 1.29 is 23.5 Å². The van der Waals surface area contributed by atoms with Gasteiger partial charge in [0.15, 0.2) is 11.5 Å². The molecule has 4 aromatic rings. The van der Waals surface area contributed by atoms with Crippen molar-refractivity contribution in [2.75, 3.05) is 5.32 Å². The third-order valence-electron chi connectivity index (χ3n) is 5.51. The summed E-state index contributed by atoms with van der Waals surface area (Å²) in [5, 5.41) is 17.0. The monoisotopic (exact) mass is 544 g/mol. The number of benzene rings is 1. The van der Waals surface area contributed by atoms with E-state index in [9.17, 15) is 9.18 Å². The number of nitrogens with one attached hydrogen (secondary N) is 2. The van der Waals surface area contributed by atoms with E-state index in [0.29, 0.717) is 33.4 Å². The summed E-state index contributed by atoms with van der Waals surface area (Å²) in [6.07, 6.45) is 5.66. The number of halogens is 3. The van der Waals surface area contributed by atoms with Gasteiger partial charge in [0.1, 0.15) is 20.1 Å². The van der Waals surface area contributed by atoms with E-state index in [0.717, 1.165) is 0 Å². The van der Waals surface area contributed by atoms with Crippen molar-refractivity contribution >= 4 is 54.4 Å². The Hall–Kier alpha value is -3.82. The first-order valence-electron chi connectivity index (χ1n) is 11.2. The molecule has 0 aliphatic heterocycles. The second kappa shape index (κ2) is 10.3. The molecule has 13 heteroatoms. The second-order valence-corrected chi connectivity index (χ2v) is 14.6. The van der Waals surface area contributed by atoms with Gasteiger partial charge < -0.3 is 14.8 Å². The molecule has 2 atom stereocenters. The van der Waals surface area contributed by atoms with Crippen molar-refractivity contribution in [3.8, 4) is 22.7 Å². The van der Waals surface area contributed by atoms with E-state index >= 15 is 4.39 Å². The third kappa shape index (κ3) is 5.62. The van der Waals surface area contributed by atoms with E-state index < -0.39 is 31.9 Å². The van der Waals surface area contributed by atoms with Crippen molar-refractivity contribution in [3.05, 3.63) is 41.2 Å². The van der Waals surface area contributed by atoms with Gasteiger partial charge in [0.05, 0.1) is 40.7 Å². The molecule has 1 aromatic carbocycles. The van der Waals surface area contributed by atoms with Crippen LogP contribution >= 0.6 is 11.6 Å². The lowest BCUT2D eigenvalue weighted by molar-refractivity contribution is -0.123. The number of carbonyl (C=O) groups excluding carboxylic acids is 1. The lowest BCUT2D eigenvalue weighted by Crippen LogP contribution is -2.16. The number of alkyl halides is 1. The normalized spacial score (nSPS) is 16.5. The Kier molecular flexibility index (Phi) is 7.29. The molecule has 1 amide bonds. The summed E-state index contributed by atoms with van der Waals surface area (Å²) in [6.45, 7) is 6.12. The molecule has 0 spiro atoms. The summed E-state index contributed by atoms with van der Waals surface area (Å²) >= 11 is 6.50. The smallest absolute Gasteiger partial charge is 0.290 e. The fourth-order valence-electron chi connectivity index (χ4n) is 3.73. The van der Waals surface area contributed by atoms with Crippen LogP contribution in [0, 0.1) is 23.2 Å². The molecule has 1 aliphatic rings. The van der Waals surface area contributed by atoms with Crippen LogP contribution in [0.4, 0.5) is 14.6 Å². The standard InChI is InChI=1S/C23H21ClF2N6OSi.CH2O2/c1-34(2,3)6-4-5-12-21(26)20(24)19(14-8-28-31-22(12)14)16-10-32-11-17(29-18(32)9-27-16)30-23(33)13-7-15(13)25;2-1-3/h8-11,13,15H,5,7H2,1-3H3,(H,28,31)(H,30,33);1H,(H,2,3)/t13-,15+;/m1./s1. The highest BCUT2D eigenvalue weighted by Crippen LogP contribution is 2.38. The molecule has 1 aliphatic carbocycles. The fourth-order valence-corrected chi connectivity index (χ4v) is 4.66. The lowest BCUT2D eigenvalue weighted by Gasteiger charge is -2.11.